The zero-order chi connectivity index (χ0) is 15.1. The number of aliphatic hydroxyl groups is 1. The third-order valence-electron chi connectivity index (χ3n) is 3.17. The molecule has 0 saturated carbocycles. The topological polar surface area (TPSA) is 49.3 Å². The first-order valence-corrected chi connectivity index (χ1v) is 8.07. The van der Waals surface area contributed by atoms with Crippen molar-refractivity contribution in [1.29, 1.82) is 0 Å². The maximum absolute atomic E-state index is 13.3. The van der Waals surface area contributed by atoms with Crippen LogP contribution in [0.3, 0.4) is 0 Å². The van der Waals surface area contributed by atoms with Crippen molar-refractivity contribution in [3.05, 3.63) is 29.6 Å². The van der Waals surface area contributed by atoms with Crippen molar-refractivity contribution in [2.24, 2.45) is 0 Å². The summed E-state index contributed by atoms with van der Waals surface area (Å²) in [7, 11) is 0. The van der Waals surface area contributed by atoms with E-state index in [0.29, 0.717) is 17.7 Å². The quantitative estimate of drug-likeness (QED) is 0.844. The minimum atomic E-state index is -0.395. The number of carbonyl (C=O) groups is 1. The van der Waals surface area contributed by atoms with Gasteiger partial charge < -0.3 is 10.4 Å². The van der Waals surface area contributed by atoms with E-state index < -0.39 is 5.82 Å². The van der Waals surface area contributed by atoms with Crippen molar-refractivity contribution in [2.75, 3.05) is 17.7 Å². The predicted octanol–water partition coefficient (Wildman–Crippen LogP) is 2.78. The molecule has 1 fully saturated rings. The van der Waals surface area contributed by atoms with E-state index in [4.69, 9.17) is 5.11 Å². The van der Waals surface area contributed by atoms with Crippen molar-refractivity contribution < 1.29 is 14.3 Å². The number of hydrogen-bond donors (Lipinski definition) is 2. The highest BCUT2D eigenvalue weighted by molar-refractivity contribution is 8.00. The second kappa shape index (κ2) is 8.06. The van der Waals surface area contributed by atoms with Crippen molar-refractivity contribution in [2.45, 2.75) is 30.9 Å². The van der Waals surface area contributed by atoms with Gasteiger partial charge in [-0.1, -0.05) is 18.3 Å². The van der Waals surface area contributed by atoms with Gasteiger partial charge in [-0.05, 0) is 36.8 Å². The van der Waals surface area contributed by atoms with Gasteiger partial charge in [0.1, 0.15) is 5.82 Å². The second-order valence-electron chi connectivity index (χ2n) is 4.81. The van der Waals surface area contributed by atoms with Gasteiger partial charge in [0.25, 0.3) is 0 Å². The van der Waals surface area contributed by atoms with E-state index in [2.05, 4.69) is 17.2 Å². The number of aliphatic hydroxyl groups excluding tert-OH is 1. The first-order chi connectivity index (χ1) is 10.2. The van der Waals surface area contributed by atoms with E-state index in [0.717, 1.165) is 25.0 Å². The summed E-state index contributed by atoms with van der Waals surface area (Å²) in [6, 6.07) is 4.14. The van der Waals surface area contributed by atoms with Crippen LogP contribution in [0.4, 0.5) is 10.1 Å². The van der Waals surface area contributed by atoms with Crippen LogP contribution in [0.1, 0.15) is 31.2 Å². The first-order valence-electron chi connectivity index (χ1n) is 7.02. The average molecular weight is 307 g/mol. The highest BCUT2D eigenvalue weighted by atomic mass is 32.2. The molecule has 1 aliphatic heterocycles. The highest BCUT2D eigenvalue weighted by Gasteiger charge is 2.22. The van der Waals surface area contributed by atoms with Crippen LogP contribution in [0.5, 0.6) is 0 Å². The zero-order valence-corrected chi connectivity index (χ0v) is 12.5. The number of anilines is 1. The average Bonchev–Trinajstić information content (AvgIpc) is 2.51. The minimum absolute atomic E-state index is 0.0390. The van der Waals surface area contributed by atoms with E-state index >= 15 is 0 Å². The van der Waals surface area contributed by atoms with Gasteiger partial charge >= 0.3 is 0 Å². The second-order valence-corrected chi connectivity index (χ2v) is 6.12. The summed E-state index contributed by atoms with van der Waals surface area (Å²) in [4.78, 5) is 12.2. The Kier molecular flexibility index (Phi) is 6.09. The van der Waals surface area contributed by atoms with Crippen LogP contribution >= 0.6 is 11.8 Å². The third-order valence-corrected chi connectivity index (χ3v) is 4.55. The molecule has 0 bridgehead atoms. The van der Waals surface area contributed by atoms with E-state index in [9.17, 15) is 9.18 Å². The Bertz CT molecular complexity index is 559. The standard InChI is InChI=1S/C16H18FNO2S/c17-13-7-8-14(12(11-13)5-1-3-9-19)18-16(20)15-6-2-4-10-21-15/h7-8,11,15,19H,2-4,6,9-10H2,(H,18,20). The van der Waals surface area contributed by atoms with E-state index in [-0.39, 0.29) is 17.8 Å². The van der Waals surface area contributed by atoms with Crippen LogP contribution in [0.15, 0.2) is 18.2 Å². The molecule has 3 nitrogen and oxygen atoms in total. The molecule has 1 unspecified atom stereocenters. The van der Waals surface area contributed by atoms with E-state index in [1.54, 1.807) is 11.8 Å². The number of thioether (sulfide) groups is 1. The number of nitrogens with one attached hydrogen (secondary N) is 1. The molecule has 0 spiro atoms. The molecule has 1 aromatic carbocycles. The Hall–Kier alpha value is -1.51. The summed E-state index contributed by atoms with van der Waals surface area (Å²) >= 11 is 1.67. The molecule has 0 aliphatic carbocycles. The molecule has 1 saturated heterocycles. The van der Waals surface area contributed by atoms with Crippen LogP contribution in [0.25, 0.3) is 0 Å². The SMILES string of the molecule is O=C(Nc1ccc(F)cc1C#CCCO)C1CCCCS1. The van der Waals surface area contributed by atoms with Crippen LogP contribution < -0.4 is 5.32 Å². The lowest BCUT2D eigenvalue weighted by molar-refractivity contribution is -0.115. The van der Waals surface area contributed by atoms with Crippen molar-refractivity contribution >= 4 is 23.4 Å². The monoisotopic (exact) mass is 307 g/mol. The van der Waals surface area contributed by atoms with Gasteiger partial charge in [0.15, 0.2) is 0 Å². The van der Waals surface area contributed by atoms with Crippen molar-refractivity contribution in [3.8, 4) is 11.8 Å². The maximum atomic E-state index is 13.3. The smallest absolute Gasteiger partial charge is 0.237 e. The van der Waals surface area contributed by atoms with Gasteiger partial charge in [-0.15, -0.1) is 11.8 Å². The number of amides is 1. The van der Waals surface area contributed by atoms with E-state index in [1.807, 2.05) is 0 Å². The summed E-state index contributed by atoms with van der Waals surface area (Å²) < 4.78 is 13.3. The van der Waals surface area contributed by atoms with E-state index in [1.165, 1.54) is 18.2 Å². The van der Waals surface area contributed by atoms with Gasteiger partial charge in [0, 0.05) is 6.42 Å². The molecule has 1 amide bonds. The largest absolute Gasteiger partial charge is 0.395 e. The molecule has 1 aliphatic rings. The Labute approximate surface area is 128 Å². The molecule has 2 rings (SSSR count). The number of carbonyl (C=O) groups excluding carboxylic acids is 1. The fourth-order valence-electron chi connectivity index (χ4n) is 2.10. The van der Waals surface area contributed by atoms with Gasteiger partial charge in [0.05, 0.1) is 23.1 Å². The van der Waals surface area contributed by atoms with Crippen LogP contribution in [-0.2, 0) is 4.79 Å². The molecular weight excluding hydrogens is 289 g/mol. The molecule has 1 heterocycles. The zero-order valence-electron chi connectivity index (χ0n) is 11.7. The Morgan fingerprint density at radius 3 is 3.05 bits per heavy atom. The fourth-order valence-corrected chi connectivity index (χ4v) is 3.30. The number of rotatable bonds is 3. The lowest BCUT2D eigenvalue weighted by Gasteiger charge is -2.20. The summed E-state index contributed by atoms with van der Waals surface area (Å²) in [5.74, 6) is 6.11. The third kappa shape index (κ3) is 4.76. The van der Waals surface area contributed by atoms with Gasteiger partial charge in [0.2, 0.25) is 5.91 Å². The Balaban J connectivity index is 2.11. The molecular formula is C16H18FNO2S. The maximum Gasteiger partial charge on any atom is 0.237 e. The fraction of sp³-hybridized carbons (Fsp3) is 0.438. The molecule has 5 heteroatoms. The normalized spacial score (nSPS) is 17.7. The lowest BCUT2D eigenvalue weighted by atomic mass is 10.1. The Morgan fingerprint density at radius 1 is 1.48 bits per heavy atom. The molecule has 2 N–H and O–H groups in total. The van der Waals surface area contributed by atoms with Gasteiger partial charge in [-0.2, -0.15) is 0 Å². The van der Waals surface area contributed by atoms with Gasteiger partial charge in [-0.3, -0.25) is 4.79 Å². The molecule has 21 heavy (non-hydrogen) atoms. The first kappa shape index (κ1) is 15.9. The number of halogens is 1. The molecule has 112 valence electrons. The summed E-state index contributed by atoms with van der Waals surface area (Å²) in [6.07, 6.45) is 3.42. The highest BCUT2D eigenvalue weighted by Crippen LogP contribution is 2.26. The minimum Gasteiger partial charge on any atom is -0.395 e. The van der Waals surface area contributed by atoms with Crippen LogP contribution in [0.2, 0.25) is 0 Å². The van der Waals surface area contributed by atoms with Crippen LogP contribution in [-0.4, -0.2) is 28.6 Å². The predicted molar refractivity (Wildman–Crippen MR) is 83.7 cm³/mol. The number of hydrogen-bond acceptors (Lipinski definition) is 3. The lowest BCUT2D eigenvalue weighted by Crippen LogP contribution is -2.27. The van der Waals surface area contributed by atoms with Crippen LogP contribution in [0, 0.1) is 17.7 Å². The molecule has 0 aromatic heterocycles. The van der Waals surface area contributed by atoms with Crippen molar-refractivity contribution in [3.63, 3.8) is 0 Å². The van der Waals surface area contributed by atoms with Crippen molar-refractivity contribution in [1.82, 2.24) is 0 Å². The van der Waals surface area contributed by atoms with Gasteiger partial charge in [-0.25, -0.2) is 4.39 Å². The Morgan fingerprint density at radius 2 is 2.33 bits per heavy atom. The molecule has 0 radical (unpaired) electrons. The molecule has 1 atom stereocenters. The summed E-state index contributed by atoms with van der Waals surface area (Å²) in [6.45, 7) is -0.0390. The summed E-state index contributed by atoms with van der Waals surface area (Å²) in [5.41, 5.74) is 0.968. The summed E-state index contributed by atoms with van der Waals surface area (Å²) in [5, 5.41) is 11.5. The number of benzene rings is 1. The molecule has 1 aromatic rings.